The summed E-state index contributed by atoms with van der Waals surface area (Å²) in [5.41, 5.74) is 2.16. The number of likely N-dealkylation sites (N-methyl/N-ethyl adjacent to an activating group) is 1. The topological polar surface area (TPSA) is 46.1 Å². The van der Waals surface area contributed by atoms with Crippen LogP contribution in [0.3, 0.4) is 0 Å². The van der Waals surface area contributed by atoms with Crippen molar-refractivity contribution in [1.29, 1.82) is 0 Å². The zero-order valence-corrected chi connectivity index (χ0v) is 15.2. The predicted octanol–water partition coefficient (Wildman–Crippen LogP) is 4.11. The number of hydrogen-bond acceptors (Lipinski definition) is 3. The van der Waals surface area contributed by atoms with Crippen LogP contribution in [0.15, 0.2) is 54.9 Å². The maximum Gasteiger partial charge on any atom is 0.272 e. The number of rotatable bonds is 5. The SMILES string of the molecule is CC(C)C(Cc1ccc(F)cc1)N(C)C(=O)c1ccc2cnccc2n1. The third kappa shape index (κ3) is 3.87. The van der Waals surface area contributed by atoms with Gasteiger partial charge in [-0.2, -0.15) is 0 Å². The first kappa shape index (κ1) is 18.0. The molecule has 134 valence electrons. The molecule has 0 saturated carbocycles. The Kier molecular flexibility index (Phi) is 5.26. The number of fused-ring (bicyclic) bond motifs is 1. The summed E-state index contributed by atoms with van der Waals surface area (Å²) in [6, 6.07) is 11.8. The highest BCUT2D eigenvalue weighted by molar-refractivity contribution is 5.94. The molecule has 0 fully saturated rings. The number of benzene rings is 1. The first-order chi connectivity index (χ1) is 12.5. The van der Waals surface area contributed by atoms with E-state index < -0.39 is 0 Å². The summed E-state index contributed by atoms with van der Waals surface area (Å²) < 4.78 is 13.1. The molecule has 2 aromatic heterocycles. The zero-order chi connectivity index (χ0) is 18.7. The van der Waals surface area contributed by atoms with Gasteiger partial charge in [-0.25, -0.2) is 9.37 Å². The van der Waals surface area contributed by atoms with Crippen LogP contribution in [0.2, 0.25) is 0 Å². The van der Waals surface area contributed by atoms with Gasteiger partial charge in [0.25, 0.3) is 5.91 Å². The van der Waals surface area contributed by atoms with Crippen LogP contribution in [0.4, 0.5) is 4.39 Å². The molecule has 0 N–H and O–H groups in total. The second-order valence-electron chi connectivity index (χ2n) is 6.82. The highest BCUT2D eigenvalue weighted by atomic mass is 19.1. The molecule has 5 heteroatoms. The van der Waals surface area contributed by atoms with Gasteiger partial charge in [-0.15, -0.1) is 0 Å². The van der Waals surface area contributed by atoms with E-state index in [2.05, 4.69) is 23.8 Å². The van der Waals surface area contributed by atoms with Crippen molar-refractivity contribution in [1.82, 2.24) is 14.9 Å². The van der Waals surface area contributed by atoms with Gasteiger partial charge in [0.15, 0.2) is 0 Å². The van der Waals surface area contributed by atoms with Gasteiger partial charge in [0.2, 0.25) is 0 Å². The van der Waals surface area contributed by atoms with Crippen molar-refractivity contribution in [2.75, 3.05) is 7.05 Å². The molecule has 0 aliphatic rings. The minimum absolute atomic E-state index is 0.0112. The fraction of sp³-hybridized carbons (Fsp3) is 0.286. The normalized spacial score (nSPS) is 12.3. The summed E-state index contributed by atoms with van der Waals surface area (Å²) in [5.74, 6) is -0.127. The maximum absolute atomic E-state index is 13.1. The van der Waals surface area contributed by atoms with Crippen molar-refractivity contribution in [3.8, 4) is 0 Å². The Morgan fingerprint density at radius 3 is 2.54 bits per heavy atom. The van der Waals surface area contributed by atoms with Gasteiger partial charge in [0.1, 0.15) is 11.5 Å². The summed E-state index contributed by atoms with van der Waals surface area (Å²) in [6.45, 7) is 4.16. The lowest BCUT2D eigenvalue weighted by atomic mass is 9.95. The third-order valence-corrected chi connectivity index (χ3v) is 4.65. The Bertz CT molecular complexity index is 909. The number of pyridine rings is 2. The Hall–Kier alpha value is -2.82. The van der Waals surface area contributed by atoms with E-state index in [0.29, 0.717) is 12.1 Å². The standard InChI is InChI=1S/C21H22FN3O/c1-14(2)20(12-15-4-7-17(22)8-5-15)25(3)21(26)19-9-6-16-13-23-11-10-18(16)24-19/h4-11,13-14,20H,12H2,1-3H3. The number of hydrogen-bond donors (Lipinski definition) is 0. The molecule has 1 aromatic carbocycles. The van der Waals surface area contributed by atoms with Crippen LogP contribution in [0, 0.1) is 11.7 Å². The quantitative estimate of drug-likeness (QED) is 0.695. The number of carbonyl (C=O) groups is 1. The molecule has 3 rings (SSSR count). The number of aromatic nitrogens is 2. The maximum atomic E-state index is 13.1. The molecule has 0 spiro atoms. The molecule has 4 nitrogen and oxygen atoms in total. The molecule has 3 aromatic rings. The Balaban J connectivity index is 1.83. The van der Waals surface area contributed by atoms with Gasteiger partial charge in [-0.05, 0) is 48.2 Å². The van der Waals surface area contributed by atoms with Crippen LogP contribution >= 0.6 is 0 Å². The lowest BCUT2D eigenvalue weighted by Crippen LogP contribution is -2.42. The molecule has 1 unspecified atom stereocenters. The minimum atomic E-state index is -0.255. The van der Waals surface area contributed by atoms with Crippen molar-refractivity contribution < 1.29 is 9.18 Å². The molecule has 26 heavy (non-hydrogen) atoms. The molecule has 1 atom stereocenters. The van der Waals surface area contributed by atoms with Crippen molar-refractivity contribution in [2.45, 2.75) is 26.3 Å². The lowest BCUT2D eigenvalue weighted by molar-refractivity contribution is 0.0683. The average Bonchev–Trinajstić information content (AvgIpc) is 2.65. The van der Waals surface area contributed by atoms with Crippen molar-refractivity contribution in [2.24, 2.45) is 5.92 Å². The number of amides is 1. The molecular weight excluding hydrogens is 329 g/mol. The zero-order valence-electron chi connectivity index (χ0n) is 15.2. The van der Waals surface area contributed by atoms with Gasteiger partial charge < -0.3 is 4.90 Å². The third-order valence-electron chi connectivity index (χ3n) is 4.65. The van der Waals surface area contributed by atoms with Crippen molar-refractivity contribution >= 4 is 16.8 Å². The van der Waals surface area contributed by atoms with E-state index >= 15 is 0 Å². The monoisotopic (exact) mass is 351 g/mol. The minimum Gasteiger partial charge on any atom is -0.337 e. The van der Waals surface area contributed by atoms with Gasteiger partial charge in [-0.3, -0.25) is 9.78 Å². The van der Waals surface area contributed by atoms with Gasteiger partial charge in [-0.1, -0.05) is 26.0 Å². The molecule has 0 bridgehead atoms. The van der Waals surface area contributed by atoms with Crippen molar-refractivity contribution in [3.63, 3.8) is 0 Å². The summed E-state index contributed by atoms with van der Waals surface area (Å²) >= 11 is 0. The van der Waals surface area contributed by atoms with Gasteiger partial charge in [0.05, 0.1) is 5.52 Å². The van der Waals surface area contributed by atoms with E-state index in [1.807, 2.05) is 6.07 Å². The Labute approximate surface area is 152 Å². The van der Waals surface area contributed by atoms with Crippen molar-refractivity contribution in [3.05, 3.63) is 71.9 Å². The summed E-state index contributed by atoms with van der Waals surface area (Å²) in [7, 11) is 1.80. The largest absolute Gasteiger partial charge is 0.337 e. The molecule has 0 aliphatic carbocycles. The predicted molar refractivity (Wildman–Crippen MR) is 100 cm³/mol. The van der Waals surface area contributed by atoms with Crippen LogP contribution < -0.4 is 0 Å². The van der Waals surface area contributed by atoms with Gasteiger partial charge >= 0.3 is 0 Å². The Morgan fingerprint density at radius 2 is 1.85 bits per heavy atom. The van der Waals surface area contributed by atoms with E-state index in [1.165, 1.54) is 12.1 Å². The lowest BCUT2D eigenvalue weighted by Gasteiger charge is -2.31. The van der Waals surface area contributed by atoms with E-state index in [-0.39, 0.29) is 23.7 Å². The highest BCUT2D eigenvalue weighted by Crippen LogP contribution is 2.19. The molecule has 1 amide bonds. The summed E-state index contributed by atoms with van der Waals surface area (Å²) in [6.07, 6.45) is 4.06. The van der Waals surface area contributed by atoms with Crippen LogP contribution in [-0.2, 0) is 6.42 Å². The summed E-state index contributed by atoms with van der Waals surface area (Å²) in [5, 5.41) is 0.901. The van der Waals surface area contributed by atoms with Crippen LogP contribution in [0.1, 0.15) is 29.9 Å². The van der Waals surface area contributed by atoms with Gasteiger partial charge in [0, 0.05) is 30.9 Å². The second-order valence-corrected chi connectivity index (χ2v) is 6.82. The first-order valence-electron chi connectivity index (χ1n) is 8.68. The molecule has 0 aliphatic heterocycles. The summed E-state index contributed by atoms with van der Waals surface area (Å²) in [4.78, 5) is 23.2. The molecular formula is C21H22FN3O. The number of carbonyl (C=O) groups excluding carboxylic acids is 1. The van der Waals surface area contributed by atoms with E-state index in [1.54, 1.807) is 48.6 Å². The second kappa shape index (κ2) is 7.60. The van der Waals surface area contributed by atoms with Crippen LogP contribution in [-0.4, -0.2) is 33.9 Å². The fourth-order valence-electron chi connectivity index (χ4n) is 3.10. The number of halogens is 1. The fourth-order valence-corrected chi connectivity index (χ4v) is 3.10. The average molecular weight is 351 g/mol. The smallest absolute Gasteiger partial charge is 0.272 e. The molecule has 2 heterocycles. The van der Waals surface area contributed by atoms with Crippen LogP contribution in [0.25, 0.3) is 10.9 Å². The van der Waals surface area contributed by atoms with Crippen LogP contribution in [0.5, 0.6) is 0 Å². The van der Waals surface area contributed by atoms with E-state index in [9.17, 15) is 9.18 Å². The number of nitrogens with zero attached hydrogens (tertiary/aromatic N) is 3. The van der Waals surface area contributed by atoms with E-state index in [0.717, 1.165) is 16.5 Å². The molecule has 0 saturated heterocycles. The first-order valence-corrected chi connectivity index (χ1v) is 8.68. The van der Waals surface area contributed by atoms with E-state index in [4.69, 9.17) is 0 Å². The highest BCUT2D eigenvalue weighted by Gasteiger charge is 2.25. The molecule has 0 radical (unpaired) electrons. The Morgan fingerprint density at radius 1 is 1.12 bits per heavy atom.